The number of rotatable bonds is 1. The minimum Gasteiger partial charge on any atom is -0.337 e. The lowest BCUT2D eigenvalue weighted by molar-refractivity contribution is -0.144. The van der Waals surface area contributed by atoms with Gasteiger partial charge in [0.2, 0.25) is 5.91 Å². The number of nitrogens with zero attached hydrogens (tertiary/aromatic N) is 1. The average Bonchev–Trinajstić information content (AvgIpc) is 1.81. The molecule has 0 aromatic carbocycles. The van der Waals surface area contributed by atoms with Crippen LogP contribution in [0.1, 0.15) is 13.8 Å². The van der Waals surface area contributed by atoms with E-state index in [-0.39, 0.29) is 11.9 Å². The van der Waals surface area contributed by atoms with Crippen molar-refractivity contribution >= 4 is 5.91 Å². The lowest BCUT2D eigenvalue weighted by Crippen LogP contribution is -2.62. The molecule has 3 nitrogen and oxygen atoms in total. The largest absolute Gasteiger partial charge is 0.337 e. The summed E-state index contributed by atoms with van der Waals surface area (Å²) in [6.45, 7) is 4.71. The third-order valence-electron chi connectivity index (χ3n) is 1.62. The van der Waals surface area contributed by atoms with Crippen LogP contribution < -0.4 is 5.73 Å². The Balaban J connectivity index is 2.42. The first kappa shape index (κ1) is 6.55. The second-order valence-corrected chi connectivity index (χ2v) is 2.69. The van der Waals surface area contributed by atoms with Crippen molar-refractivity contribution in [2.75, 3.05) is 6.54 Å². The van der Waals surface area contributed by atoms with E-state index in [1.807, 2.05) is 13.8 Å². The molecule has 1 fully saturated rings. The fourth-order valence-electron chi connectivity index (χ4n) is 0.946. The van der Waals surface area contributed by atoms with Gasteiger partial charge in [0.1, 0.15) is 6.04 Å². The standard InChI is InChI=1S/C6H12N2O/c1-4(2)8-3-5(7)6(8)9/h4-5H,3,7H2,1-2H3/t5-/m0/s1. The van der Waals surface area contributed by atoms with Crippen LogP contribution in [0.4, 0.5) is 0 Å². The van der Waals surface area contributed by atoms with Crippen molar-refractivity contribution in [3.05, 3.63) is 0 Å². The molecule has 1 aliphatic rings. The summed E-state index contributed by atoms with van der Waals surface area (Å²) in [7, 11) is 0. The lowest BCUT2D eigenvalue weighted by Gasteiger charge is -2.39. The van der Waals surface area contributed by atoms with Crippen LogP contribution in [0.2, 0.25) is 0 Å². The summed E-state index contributed by atoms with van der Waals surface area (Å²) in [6.07, 6.45) is 0. The molecule has 1 amide bonds. The number of nitrogens with two attached hydrogens (primary N) is 1. The Morgan fingerprint density at radius 3 is 2.44 bits per heavy atom. The minimum atomic E-state index is -0.215. The zero-order chi connectivity index (χ0) is 7.02. The smallest absolute Gasteiger partial charge is 0.241 e. The van der Waals surface area contributed by atoms with Gasteiger partial charge in [-0.2, -0.15) is 0 Å². The fourth-order valence-corrected chi connectivity index (χ4v) is 0.946. The molecule has 2 N–H and O–H groups in total. The number of carbonyl (C=O) groups is 1. The molecule has 0 aromatic rings. The van der Waals surface area contributed by atoms with Gasteiger partial charge >= 0.3 is 0 Å². The van der Waals surface area contributed by atoms with Crippen molar-refractivity contribution in [2.24, 2.45) is 5.73 Å². The van der Waals surface area contributed by atoms with E-state index in [0.717, 1.165) is 6.54 Å². The summed E-state index contributed by atoms with van der Waals surface area (Å²) in [4.78, 5) is 12.6. The number of amides is 1. The summed E-state index contributed by atoms with van der Waals surface area (Å²) < 4.78 is 0. The molecule has 0 radical (unpaired) electrons. The van der Waals surface area contributed by atoms with Gasteiger partial charge in [0, 0.05) is 12.6 Å². The van der Waals surface area contributed by atoms with Gasteiger partial charge in [0.15, 0.2) is 0 Å². The minimum absolute atomic E-state index is 0.0880. The van der Waals surface area contributed by atoms with E-state index in [2.05, 4.69) is 0 Å². The van der Waals surface area contributed by atoms with Gasteiger partial charge in [-0.05, 0) is 13.8 Å². The van der Waals surface area contributed by atoms with E-state index in [1.165, 1.54) is 0 Å². The number of β-lactam (4-membered cyclic amide) rings is 1. The number of hydrogen-bond acceptors (Lipinski definition) is 2. The van der Waals surface area contributed by atoms with E-state index in [1.54, 1.807) is 4.90 Å². The van der Waals surface area contributed by atoms with Crippen molar-refractivity contribution in [2.45, 2.75) is 25.9 Å². The van der Waals surface area contributed by atoms with E-state index >= 15 is 0 Å². The van der Waals surface area contributed by atoms with Crippen LogP contribution in [0.15, 0.2) is 0 Å². The predicted molar refractivity (Wildman–Crippen MR) is 34.8 cm³/mol. The maximum Gasteiger partial charge on any atom is 0.241 e. The highest BCUT2D eigenvalue weighted by atomic mass is 16.2. The monoisotopic (exact) mass is 128 g/mol. The lowest BCUT2D eigenvalue weighted by atomic mass is 10.1. The van der Waals surface area contributed by atoms with Crippen LogP contribution in [0, 0.1) is 0 Å². The topological polar surface area (TPSA) is 46.3 Å². The van der Waals surface area contributed by atoms with Gasteiger partial charge in [0.25, 0.3) is 0 Å². The molecule has 1 heterocycles. The van der Waals surface area contributed by atoms with Gasteiger partial charge < -0.3 is 10.6 Å². The zero-order valence-electron chi connectivity index (χ0n) is 5.79. The second kappa shape index (κ2) is 1.99. The van der Waals surface area contributed by atoms with Crippen LogP contribution in [0.25, 0.3) is 0 Å². The van der Waals surface area contributed by atoms with Crippen molar-refractivity contribution in [1.29, 1.82) is 0 Å². The molecule has 1 saturated heterocycles. The molecule has 52 valence electrons. The van der Waals surface area contributed by atoms with Crippen molar-refractivity contribution in [3.8, 4) is 0 Å². The van der Waals surface area contributed by atoms with Gasteiger partial charge in [-0.1, -0.05) is 0 Å². The van der Waals surface area contributed by atoms with Crippen LogP contribution in [-0.4, -0.2) is 29.4 Å². The van der Waals surface area contributed by atoms with Gasteiger partial charge in [-0.15, -0.1) is 0 Å². The first-order valence-electron chi connectivity index (χ1n) is 3.19. The average molecular weight is 128 g/mol. The maximum atomic E-state index is 10.8. The van der Waals surface area contributed by atoms with Gasteiger partial charge in [0.05, 0.1) is 0 Å². The van der Waals surface area contributed by atoms with E-state index in [4.69, 9.17) is 5.73 Å². The summed E-state index contributed by atoms with van der Waals surface area (Å²) >= 11 is 0. The number of likely N-dealkylation sites (tertiary alicyclic amines) is 1. The number of carbonyl (C=O) groups excluding carboxylic acids is 1. The molecule has 0 bridgehead atoms. The quantitative estimate of drug-likeness (QED) is 0.487. The highest BCUT2D eigenvalue weighted by molar-refractivity contribution is 5.87. The number of hydrogen-bond donors (Lipinski definition) is 1. The van der Waals surface area contributed by atoms with Crippen molar-refractivity contribution < 1.29 is 4.79 Å². The summed E-state index contributed by atoms with van der Waals surface area (Å²) in [5.74, 6) is 0.0880. The van der Waals surface area contributed by atoms with E-state index < -0.39 is 0 Å². The molecule has 0 aliphatic carbocycles. The molecule has 1 rings (SSSR count). The molecule has 0 aromatic heterocycles. The Morgan fingerprint density at radius 1 is 1.78 bits per heavy atom. The Labute approximate surface area is 54.8 Å². The molecule has 1 aliphatic heterocycles. The molecular weight excluding hydrogens is 116 g/mol. The Kier molecular flexibility index (Phi) is 1.45. The third-order valence-corrected chi connectivity index (χ3v) is 1.62. The van der Waals surface area contributed by atoms with Crippen LogP contribution >= 0.6 is 0 Å². The zero-order valence-corrected chi connectivity index (χ0v) is 5.79. The summed E-state index contributed by atoms with van der Waals surface area (Å²) in [6, 6.07) is 0.102. The van der Waals surface area contributed by atoms with Crippen molar-refractivity contribution in [1.82, 2.24) is 4.90 Å². The first-order chi connectivity index (χ1) is 4.13. The van der Waals surface area contributed by atoms with E-state index in [9.17, 15) is 4.79 Å². The van der Waals surface area contributed by atoms with Crippen molar-refractivity contribution in [3.63, 3.8) is 0 Å². The summed E-state index contributed by atoms with van der Waals surface area (Å²) in [5.41, 5.74) is 5.36. The maximum absolute atomic E-state index is 10.8. The third kappa shape index (κ3) is 0.920. The van der Waals surface area contributed by atoms with E-state index in [0.29, 0.717) is 6.04 Å². The molecule has 0 spiro atoms. The first-order valence-corrected chi connectivity index (χ1v) is 3.19. The second-order valence-electron chi connectivity index (χ2n) is 2.69. The van der Waals surface area contributed by atoms with Crippen LogP contribution in [0.3, 0.4) is 0 Å². The summed E-state index contributed by atoms with van der Waals surface area (Å²) in [5, 5.41) is 0. The Bertz CT molecular complexity index is 133. The van der Waals surface area contributed by atoms with Gasteiger partial charge in [-0.25, -0.2) is 0 Å². The highest BCUT2D eigenvalue weighted by Gasteiger charge is 2.34. The molecule has 3 heteroatoms. The molecule has 9 heavy (non-hydrogen) atoms. The highest BCUT2D eigenvalue weighted by Crippen LogP contribution is 2.10. The normalized spacial score (nSPS) is 26.9. The SMILES string of the molecule is CC(C)N1C[C@H](N)C1=O. The predicted octanol–water partition coefficient (Wildman–Crippen LogP) is -0.436. The Hall–Kier alpha value is -0.570. The molecule has 0 saturated carbocycles. The van der Waals surface area contributed by atoms with Gasteiger partial charge in [-0.3, -0.25) is 4.79 Å². The molecule has 0 unspecified atom stereocenters. The van der Waals surface area contributed by atoms with Crippen LogP contribution in [-0.2, 0) is 4.79 Å². The molecular formula is C6H12N2O. The Morgan fingerprint density at radius 2 is 2.33 bits per heavy atom. The van der Waals surface area contributed by atoms with Crippen LogP contribution in [0.5, 0.6) is 0 Å². The fraction of sp³-hybridized carbons (Fsp3) is 0.833. The molecule has 1 atom stereocenters.